The number of rotatable bonds is 2. The predicted octanol–water partition coefficient (Wildman–Crippen LogP) is 2.65. The molecule has 1 atom stereocenters. The van der Waals surface area contributed by atoms with Crippen LogP contribution in [0.4, 0.5) is 0 Å². The van der Waals surface area contributed by atoms with Crippen molar-refractivity contribution >= 4 is 11.8 Å². The zero-order chi connectivity index (χ0) is 12.0. The van der Waals surface area contributed by atoms with Crippen LogP contribution in [-0.2, 0) is 14.3 Å². The molecule has 1 aliphatic carbocycles. The molecule has 0 unspecified atom stereocenters. The van der Waals surface area contributed by atoms with Gasteiger partial charge >= 0.3 is 5.97 Å². The summed E-state index contributed by atoms with van der Waals surface area (Å²) in [7, 11) is 1.39. The fraction of sp³-hybridized carbons (Fsp3) is 0.692. The molecular weight excluding hydrogens is 204 g/mol. The third-order valence-corrected chi connectivity index (χ3v) is 3.06. The predicted molar refractivity (Wildman–Crippen MR) is 62.0 cm³/mol. The van der Waals surface area contributed by atoms with Crippen LogP contribution in [0.2, 0.25) is 0 Å². The third-order valence-electron chi connectivity index (χ3n) is 3.06. The van der Waals surface area contributed by atoms with E-state index in [-0.39, 0.29) is 17.7 Å². The van der Waals surface area contributed by atoms with Crippen molar-refractivity contribution in [1.29, 1.82) is 0 Å². The number of hydrogen-bond donors (Lipinski definition) is 0. The Kier molecular flexibility index (Phi) is 5.23. The molecule has 0 fully saturated rings. The minimum absolute atomic E-state index is 0.154. The Balaban J connectivity index is 2.57. The van der Waals surface area contributed by atoms with Crippen LogP contribution in [0.3, 0.4) is 0 Å². The summed E-state index contributed by atoms with van der Waals surface area (Å²) in [6.45, 7) is 2.09. The van der Waals surface area contributed by atoms with E-state index in [1.54, 1.807) is 0 Å². The number of ketones is 1. The number of allylic oxidation sites excluding steroid dienone is 2. The number of ether oxygens (including phenoxy) is 1. The van der Waals surface area contributed by atoms with Crippen LogP contribution in [0.5, 0.6) is 0 Å². The van der Waals surface area contributed by atoms with E-state index in [4.69, 9.17) is 0 Å². The molecule has 3 heteroatoms. The van der Waals surface area contributed by atoms with Crippen molar-refractivity contribution in [2.45, 2.75) is 45.4 Å². The zero-order valence-corrected chi connectivity index (χ0v) is 10.1. The molecule has 1 rings (SSSR count). The Morgan fingerprint density at radius 2 is 2.25 bits per heavy atom. The lowest BCUT2D eigenvalue weighted by Crippen LogP contribution is -2.14. The van der Waals surface area contributed by atoms with E-state index in [0.29, 0.717) is 19.3 Å². The fourth-order valence-electron chi connectivity index (χ4n) is 2.03. The molecular formula is C13H20O3. The first kappa shape index (κ1) is 12.9. The molecule has 0 aromatic heterocycles. The van der Waals surface area contributed by atoms with Gasteiger partial charge in [0.15, 0.2) is 0 Å². The Bertz CT molecular complexity index is 292. The van der Waals surface area contributed by atoms with Crippen LogP contribution < -0.4 is 0 Å². The van der Waals surface area contributed by atoms with Crippen LogP contribution in [0.15, 0.2) is 11.6 Å². The van der Waals surface area contributed by atoms with Crippen LogP contribution >= 0.6 is 0 Å². The number of methoxy groups -OCH3 is 1. The Hall–Kier alpha value is -1.12. The summed E-state index contributed by atoms with van der Waals surface area (Å²) in [4.78, 5) is 22.8. The molecule has 16 heavy (non-hydrogen) atoms. The second-order valence-electron chi connectivity index (χ2n) is 4.52. The van der Waals surface area contributed by atoms with E-state index in [1.807, 2.05) is 0 Å². The monoisotopic (exact) mass is 224 g/mol. The van der Waals surface area contributed by atoms with Gasteiger partial charge in [-0.2, -0.15) is 0 Å². The average molecular weight is 224 g/mol. The van der Waals surface area contributed by atoms with Gasteiger partial charge in [-0.05, 0) is 32.1 Å². The lowest BCUT2D eigenvalue weighted by molar-refractivity contribution is -0.141. The van der Waals surface area contributed by atoms with Gasteiger partial charge < -0.3 is 4.74 Å². The van der Waals surface area contributed by atoms with Gasteiger partial charge in [0, 0.05) is 19.3 Å². The lowest BCUT2D eigenvalue weighted by Gasteiger charge is -2.13. The zero-order valence-electron chi connectivity index (χ0n) is 10.1. The highest BCUT2D eigenvalue weighted by molar-refractivity contribution is 5.79. The van der Waals surface area contributed by atoms with Gasteiger partial charge in [0.2, 0.25) is 0 Å². The summed E-state index contributed by atoms with van der Waals surface area (Å²) >= 11 is 0. The lowest BCUT2D eigenvalue weighted by atomic mass is 9.92. The normalized spacial score (nSPS) is 26.0. The molecule has 0 aliphatic heterocycles. The van der Waals surface area contributed by atoms with E-state index in [1.165, 1.54) is 12.7 Å². The van der Waals surface area contributed by atoms with Crippen LogP contribution in [0, 0.1) is 5.92 Å². The van der Waals surface area contributed by atoms with Gasteiger partial charge in [-0.15, -0.1) is 0 Å². The van der Waals surface area contributed by atoms with Crippen molar-refractivity contribution in [3.05, 3.63) is 11.6 Å². The average Bonchev–Trinajstić information content (AvgIpc) is 2.31. The largest absolute Gasteiger partial charge is 0.469 e. The SMILES string of the molecule is COC(=O)C[C@H]1CC/C(C)=C/CCC(=O)C1. The van der Waals surface area contributed by atoms with Crippen LogP contribution in [0.1, 0.15) is 45.4 Å². The number of carbonyl (C=O) groups is 2. The summed E-state index contributed by atoms with van der Waals surface area (Å²) in [5.41, 5.74) is 1.32. The highest BCUT2D eigenvalue weighted by Gasteiger charge is 2.18. The highest BCUT2D eigenvalue weighted by atomic mass is 16.5. The summed E-state index contributed by atoms with van der Waals surface area (Å²) < 4.78 is 4.65. The molecule has 0 radical (unpaired) electrons. The van der Waals surface area contributed by atoms with Gasteiger partial charge in [-0.3, -0.25) is 9.59 Å². The Morgan fingerprint density at radius 1 is 1.50 bits per heavy atom. The minimum atomic E-state index is -0.210. The smallest absolute Gasteiger partial charge is 0.305 e. The van der Waals surface area contributed by atoms with Gasteiger partial charge in [-0.1, -0.05) is 11.6 Å². The van der Waals surface area contributed by atoms with Gasteiger partial charge in [-0.25, -0.2) is 0 Å². The number of hydrogen-bond acceptors (Lipinski definition) is 3. The minimum Gasteiger partial charge on any atom is -0.469 e. The van der Waals surface area contributed by atoms with Crippen LogP contribution in [-0.4, -0.2) is 18.9 Å². The quantitative estimate of drug-likeness (QED) is 0.535. The Morgan fingerprint density at radius 3 is 2.94 bits per heavy atom. The first-order valence-electron chi connectivity index (χ1n) is 5.86. The first-order valence-corrected chi connectivity index (χ1v) is 5.86. The number of esters is 1. The van der Waals surface area contributed by atoms with Gasteiger partial charge in [0.25, 0.3) is 0 Å². The maximum Gasteiger partial charge on any atom is 0.305 e. The molecule has 0 saturated carbocycles. The highest BCUT2D eigenvalue weighted by Crippen LogP contribution is 2.23. The summed E-state index contributed by atoms with van der Waals surface area (Å²) in [6.07, 6.45) is 6.37. The van der Waals surface area contributed by atoms with E-state index >= 15 is 0 Å². The number of Topliss-reactive ketones (excluding diaryl/α,β-unsaturated/α-hetero) is 1. The maximum atomic E-state index is 11.6. The molecule has 0 amide bonds. The van der Waals surface area contributed by atoms with E-state index in [0.717, 1.165) is 19.3 Å². The first-order chi connectivity index (χ1) is 7.61. The molecule has 0 bridgehead atoms. The van der Waals surface area contributed by atoms with Crippen molar-refractivity contribution < 1.29 is 14.3 Å². The number of carbonyl (C=O) groups excluding carboxylic acids is 2. The van der Waals surface area contributed by atoms with Gasteiger partial charge in [0.1, 0.15) is 5.78 Å². The van der Waals surface area contributed by atoms with Crippen molar-refractivity contribution in [3.63, 3.8) is 0 Å². The molecule has 0 saturated heterocycles. The van der Waals surface area contributed by atoms with Crippen molar-refractivity contribution in [2.75, 3.05) is 7.11 Å². The van der Waals surface area contributed by atoms with Gasteiger partial charge in [0.05, 0.1) is 7.11 Å². The Labute approximate surface area is 96.9 Å². The molecule has 0 aromatic rings. The van der Waals surface area contributed by atoms with Crippen molar-refractivity contribution in [1.82, 2.24) is 0 Å². The second-order valence-corrected chi connectivity index (χ2v) is 4.52. The van der Waals surface area contributed by atoms with Crippen molar-refractivity contribution in [2.24, 2.45) is 5.92 Å². The fourth-order valence-corrected chi connectivity index (χ4v) is 2.03. The molecule has 0 spiro atoms. The van der Waals surface area contributed by atoms with Crippen LogP contribution in [0.25, 0.3) is 0 Å². The maximum absolute atomic E-state index is 11.6. The molecule has 0 heterocycles. The molecule has 0 aromatic carbocycles. The summed E-state index contributed by atoms with van der Waals surface area (Å²) in [5.74, 6) is 0.208. The second kappa shape index (κ2) is 6.46. The molecule has 1 aliphatic rings. The van der Waals surface area contributed by atoms with E-state index < -0.39 is 0 Å². The molecule has 0 N–H and O–H groups in total. The van der Waals surface area contributed by atoms with E-state index in [2.05, 4.69) is 17.7 Å². The summed E-state index contributed by atoms with van der Waals surface area (Å²) in [5, 5.41) is 0. The standard InChI is InChI=1S/C13H20O3/c1-10-4-3-5-12(14)8-11(7-6-10)9-13(15)16-2/h4,11H,3,5-9H2,1-2H3/b10-4+/t11-/m0/s1. The molecule has 90 valence electrons. The van der Waals surface area contributed by atoms with E-state index in [9.17, 15) is 9.59 Å². The third kappa shape index (κ3) is 4.60. The molecule has 3 nitrogen and oxygen atoms in total. The van der Waals surface area contributed by atoms with Crippen molar-refractivity contribution in [3.8, 4) is 0 Å². The topological polar surface area (TPSA) is 43.4 Å². The summed E-state index contributed by atoms with van der Waals surface area (Å²) in [6, 6.07) is 0.